The van der Waals surface area contributed by atoms with Gasteiger partial charge in [-0.3, -0.25) is 0 Å². The van der Waals surface area contributed by atoms with E-state index in [0.29, 0.717) is 0 Å². The van der Waals surface area contributed by atoms with Crippen LogP contribution in [0, 0.1) is 0 Å². The van der Waals surface area contributed by atoms with E-state index in [2.05, 4.69) is 257 Å². The fourth-order valence-electron chi connectivity index (χ4n) is 11.4. The number of hydrogen-bond donors (Lipinski definition) is 0. The Morgan fingerprint density at radius 3 is 1.10 bits per heavy atom. The monoisotopic (exact) mass is 922 g/mol. The summed E-state index contributed by atoms with van der Waals surface area (Å²) in [5.41, 5.74) is 12.6. The molecule has 0 bridgehead atoms. The van der Waals surface area contributed by atoms with Crippen LogP contribution in [-0.4, -0.2) is 0 Å². The van der Waals surface area contributed by atoms with Crippen LogP contribution in [0.25, 0.3) is 142 Å². The van der Waals surface area contributed by atoms with Gasteiger partial charge in [-0.2, -0.15) is 0 Å². The minimum atomic E-state index is 0.939. The van der Waals surface area contributed by atoms with Gasteiger partial charge in [0.25, 0.3) is 0 Å². The van der Waals surface area contributed by atoms with Crippen LogP contribution in [0.1, 0.15) is 26.7 Å². The largest absolute Gasteiger partial charge is 0.135 e. The average Bonchev–Trinajstić information content (AvgIpc) is 3.93. The van der Waals surface area contributed by atoms with Crippen LogP contribution < -0.4 is 10.4 Å². The summed E-state index contributed by atoms with van der Waals surface area (Å²) in [6, 6.07) is 86.2. The van der Waals surface area contributed by atoms with Crippen LogP contribution in [0.2, 0.25) is 0 Å². The van der Waals surface area contributed by atoms with Gasteiger partial charge in [0.1, 0.15) is 0 Å². The van der Waals surface area contributed by atoms with Crippen molar-refractivity contribution in [2.24, 2.45) is 0 Å². The van der Waals surface area contributed by atoms with Crippen molar-refractivity contribution >= 4 is 88.1 Å². The lowest BCUT2D eigenvalue weighted by molar-refractivity contribution is 1.26. The molecule has 336 valence electrons. The molecular weight excluding hydrogens is 873 g/mol. The molecule has 12 aromatic carbocycles. The predicted molar refractivity (Wildman–Crippen MR) is 311 cm³/mol. The van der Waals surface area contributed by atoms with Crippen molar-refractivity contribution < 1.29 is 0 Å². The second-order valence-electron chi connectivity index (χ2n) is 18.8. The summed E-state index contributed by atoms with van der Waals surface area (Å²) in [6.45, 7) is 4.52. The second kappa shape index (κ2) is 17.9. The molecule has 1 heterocycles. The standard InChI is InChI=1S/C70H50S/c1-3-16-57-58(17-4-2)68(54-33-30-45-18-5-8-21-48(45)40-54)60-27-12-11-26-59(60)67(57)53-25-15-24-51(43-53)65-38-39-66(71-65)52-36-37-63-64(44-52)70(56-35-32-47-20-7-10-23-50(47)42-56)62-29-14-13-28-61(62)69(63)55-34-31-46-19-6-9-22-49(46)41-55/h5-44H,3-4H2,1-2H3/b57-16+,58-17+. The van der Waals surface area contributed by atoms with E-state index in [1.54, 1.807) is 0 Å². The maximum atomic E-state index is 2.46. The number of hydrogen-bond acceptors (Lipinski definition) is 1. The van der Waals surface area contributed by atoms with Gasteiger partial charge in [0, 0.05) is 9.75 Å². The Morgan fingerprint density at radius 1 is 0.268 bits per heavy atom. The van der Waals surface area contributed by atoms with Crippen molar-refractivity contribution in [3.63, 3.8) is 0 Å². The van der Waals surface area contributed by atoms with E-state index < -0.39 is 0 Å². The molecule has 1 heteroatoms. The summed E-state index contributed by atoms with van der Waals surface area (Å²) in [7, 11) is 0. The molecule has 0 radical (unpaired) electrons. The fraction of sp³-hybridized carbons (Fsp3) is 0.0571. The molecule has 1 aromatic heterocycles. The highest BCUT2D eigenvalue weighted by atomic mass is 32.1. The maximum absolute atomic E-state index is 2.46. The average molecular weight is 923 g/mol. The van der Waals surface area contributed by atoms with Gasteiger partial charge in [0.15, 0.2) is 0 Å². The van der Waals surface area contributed by atoms with Gasteiger partial charge < -0.3 is 0 Å². The SMILES string of the molecule is CC/C=c1/c(-c2cccc(-c3ccc(-c4ccc5c(-c6ccc7ccccc7c6)c6ccccc6c(-c6ccc7ccccc7c6)c5c4)s3)c2)c2ccccc2c(-c2ccc3ccccc3c2)/c1=C/CC. The summed E-state index contributed by atoms with van der Waals surface area (Å²) in [4.78, 5) is 2.51. The molecule has 0 N–H and O–H groups in total. The first kappa shape index (κ1) is 42.7. The molecule has 0 aliphatic carbocycles. The van der Waals surface area contributed by atoms with Crippen molar-refractivity contribution in [2.45, 2.75) is 26.7 Å². The van der Waals surface area contributed by atoms with Crippen LogP contribution in [-0.2, 0) is 0 Å². The third-order valence-electron chi connectivity index (χ3n) is 14.6. The Balaban J connectivity index is 0.974. The smallest absolute Gasteiger partial charge is 0.0349 e. The minimum absolute atomic E-state index is 0.939. The Labute approximate surface area is 418 Å². The highest BCUT2D eigenvalue weighted by Gasteiger charge is 2.20. The topological polar surface area (TPSA) is 0 Å². The van der Waals surface area contributed by atoms with Crippen molar-refractivity contribution in [3.8, 4) is 65.4 Å². The molecule has 71 heavy (non-hydrogen) atoms. The molecule has 0 aliphatic heterocycles. The molecule has 0 nitrogen and oxygen atoms in total. The molecule has 13 aromatic rings. The zero-order valence-electron chi connectivity index (χ0n) is 39.9. The van der Waals surface area contributed by atoms with Crippen molar-refractivity contribution in [1.82, 2.24) is 0 Å². The maximum Gasteiger partial charge on any atom is 0.0349 e. The second-order valence-corrected chi connectivity index (χ2v) is 19.9. The van der Waals surface area contributed by atoms with Crippen LogP contribution in [0.4, 0.5) is 0 Å². The fourth-order valence-corrected chi connectivity index (χ4v) is 12.4. The van der Waals surface area contributed by atoms with Gasteiger partial charge in [-0.05, 0) is 186 Å². The molecule has 0 saturated carbocycles. The first-order valence-corrected chi connectivity index (χ1v) is 25.9. The van der Waals surface area contributed by atoms with Crippen molar-refractivity contribution in [3.05, 3.63) is 241 Å². The third kappa shape index (κ3) is 7.44. The van der Waals surface area contributed by atoms with E-state index >= 15 is 0 Å². The Morgan fingerprint density at radius 2 is 0.620 bits per heavy atom. The number of rotatable bonds is 8. The number of benzene rings is 12. The van der Waals surface area contributed by atoms with Gasteiger partial charge in [-0.15, -0.1) is 11.3 Å². The predicted octanol–water partition coefficient (Wildman–Crippen LogP) is 19.1. The van der Waals surface area contributed by atoms with Gasteiger partial charge in [0.2, 0.25) is 0 Å². The van der Waals surface area contributed by atoms with E-state index in [9.17, 15) is 0 Å². The first-order chi connectivity index (χ1) is 35.1. The summed E-state index contributed by atoms with van der Waals surface area (Å²) in [5, 5.41) is 17.8. The lowest BCUT2D eigenvalue weighted by atomic mass is 9.84. The summed E-state index contributed by atoms with van der Waals surface area (Å²) in [6.07, 6.45) is 6.78. The van der Waals surface area contributed by atoms with Gasteiger partial charge in [0.05, 0.1) is 0 Å². The zero-order chi connectivity index (χ0) is 47.4. The first-order valence-electron chi connectivity index (χ1n) is 25.0. The van der Waals surface area contributed by atoms with Gasteiger partial charge in [-0.25, -0.2) is 0 Å². The molecule has 13 rings (SSSR count). The van der Waals surface area contributed by atoms with Gasteiger partial charge >= 0.3 is 0 Å². The Hall–Kier alpha value is -8.36. The summed E-state index contributed by atoms with van der Waals surface area (Å²) in [5.74, 6) is 0. The molecule has 0 saturated heterocycles. The van der Waals surface area contributed by atoms with E-state index in [-0.39, 0.29) is 0 Å². The lowest BCUT2D eigenvalue weighted by Gasteiger charge is -2.19. The van der Waals surface area contributed by atoms with Crippen LogP contribution in [0.3, 0.4) is 0 Å². The molecule has 0 spiro atoms. The number of fused-ring (bicyclic) bond motifs is 6. The molecule has 0 unspecified atom stereocenters. The number of thiophene rings is 1. The van der Waals surface area contributed by atoms with Gasteiger partial charge in [-0.1, -0.05) is 214 Å². The van der Waals surface area contributed by atoms with Crippen molar-refractivity contribution in [2.75, 3.05) is 0 Å². The van der Waals surface area contributed by atoms with E-state index in [1.807, 2.05) is 11.3 Å². The summed E-state index contributed by atoms with van der Waals surface area (Å²) >= 11 is 1.88. The van der Waals surface area contributed by atoms with Crippen LogP contribution in [0.5, 0.6) is 0 Å². The molecule has 0 aliphatic rings. The molecule has 0 atom stereocenters. The Bertz CT molecular complexity index is 4370. The quantitative estimate of drug-likeness (QED) is 0.133. The van der Waals surface area contributed by atoms with Crippen LogP contribution >= 0.6 is 11.3 Å². The Kier molecular flexibility index (Phi) is 10.7. The van der Waals surface area contributed by atoms with E-state index in [4.69, 9.17) is 0 Å². The third-order valence-corrected chi connectivity index (χ3v) is 15.8. The highest BCUT2D eigenvalue weighted by Crippen LogP contribution is 2.47. The molecule has 0 fully saturated rings. The zero-order valence-corrected chi connectivity index (χ0v) is 40.7. The normalized spacial score (nSPS) is 12.4. The molecular formula is C70H50S. The van der Waals surface area contributed by atoms with Crippen molar-refractivity contribution in [1.29, 1.82) is 0 Å². The lowest BCUT2D eigenvalue weighted by Crippen LogP contribution is -2.30. The highest BCUT2D eigenvalue weighted by molar-refractivity contribution is 7.18. The van der Waals surface area contributed by atoms with E-state index in [0.717, 1.165) is 12.8 Å². The van der Waals surface area contributed by atoms with Crippen LogP contribution in [0.15, 0.2) is 231 Å². The molecule has 0 amide bonds. The van der Waals surface area contributed by atoms with E-state index in [1.165, 1.54) is 140 Å². The minimum Gasteiger partial charge on any atom is -0.135 e. The summed E-state index contributed by atoms with van der Waals surface area (Å²) < 4.78 is 0.